The monoisotopic (exact) mass is 462 g/mol. The largest absolute Gasteiger partial charge is 0.481 e. The molecule has 3 aromatic rings. The summed E-state index contributed by atoms with van der Waals surface area (Å²) in [5.74, 6) is -1.56. The van der Waals surface area contributed by atoms with E-state index in [2.05, 4.69) is 4.98 Å². The fraction of sp³-hybridized carbons (Fsp3) is 0.222. The van der Waals surface area contributed by atoms with Crippen molar-refractivity contribution in [3.8, 4) is 0 Å². The van der Waals surface area contributed by atoms with Crippen LogP contribution in [0.4, 0.5) is 5.69 Å². The molecule has 2 aromatic carbocycles. The van der Waals surface area contributed by atoms with Gasteiger partial charge in [0, 0.05) is 36.6 Å². The Kier molecular flexibility index (Phi) is 8.79. The number of hydrogen-bond acceptors (Lipinski definition) is 3. The minimum Gasteiger partial charge on any atom is -0.481 e. The summed E-state index contributed by atoms with van der Waals surface area (Å²) in [5.41, 5.74) is 3.39. The van der Waals surface area contributed by atoms with Crippen LogP contribution in [-0.2, 0) is 16.0 Å². The average molecular weight is 463 g/mol. The zero-order chi connectivity index (χ0) is 23.6. The van der Waals surface area contributed by atoms with Crippen LogP contribution in [0, 0.1) is 0 Å². The van der Waals surface area contributed by atoms with E-state index in [0.29, 0.717) is 42.0 Å². The first-order valence-corrected chi connectivity index (χ1v) is 11.2. The van der Waals surface area contributed by atoms with Crippen molar-refractivity contribution in [2.45, 2.75) is 31.6 Å². The number of hydrogen-bond donors (Lipinski definition) is 1. The van der Waals surface area contributed by atoms with E-state index in [1.165, 1.54) is 0 Å². The summed E-state index contributed by atoms with van der Waals surface area (Å²) < 4.78 is 0. The number of carboxylic acids is 1. The van der Waals surface area contributed by atoms with E-state index in [-0.39, 0.29) is 5.91 Å². The molecule has 0 saturated heterocycles. The summed E-state index contributed by atoms with van der Waals surface area (Å²) >= 11 is 5.91. The van der Waals surface area contributed by atoms with Crippen molar-refractivity contribution in [3.05, 3.63) is 101 Å². The van der Waals surface area contributed by atoms with Crippen molar-refractivity contribution < 1.29 is 14.7 Å². The Bertz CT molecular complexity index is 1100. The molecule has 5 nitrogen and oxygen atoms in total. The molecule has 0 spiro atoms. The van der Waals surface area contributed by atoms with E-state index in [1.54, 1.807) is 42.5 Å². The standard InChI is InChI=1S/C27H27ClN2O3/c1-30(26(31)16-13-20-11-14-23(28)15-12-20)24-9-4-8-22(18-24)25(27(32)33)10-3-2-6-21-7-5-17-29-19-21/h2,4-9,11-12,14-15,17-19,25H,3,10,13,16H2,1H3,(H,32,33). The van der Waals surface area contributed by atoms with Crippen LogP contribution in [0.1, 0.15) is 41.9 Å². The molecule has 33 heavy (non-hydrogen) atoms. The quantitative estimate of drug-likeness (QED) is 0.401. The normalized spacial score (nSPS) is 11.9. The lowest BCUT2D eigenvalue weighted by molar-refractivity contribution is -0.139. The first-order chi connectivity index (χ1) is 15.9. The number of nitrogens with zero attached hydrogens (tertiary/aromatic N) is 2. The second kappa shape index (κ2) is 12.0. The van der Waals surface area contributed by atoms with Crippen molar-refractivity contribution in [2.75, 3.05) is 11.9 Å². The Labute approximate surface area is 199 Å². The SMILES string of the molecule is CN(C(=O)CCc1ccc(Cl)cc1)c1cccc(C(CCC=Cc2cccnc2)C(=O)O)c1. The third kappa shape index (κ3) is 7.29. The summed E-state index contributed by atoms with van der Waals surface area (Å²) in [6, 6.07) is 18.5. The Morgan fingerprint density at radius 3 is 2.61 bits per heavy atom. The molecule has 1 atom stereocenters. The highest BCUT2D eigenvalue weighted by atomic mass is 35.5. The van der Waals surface area contributed by atoms with Gasteiger partial charge < -0.3 is 10.0 Å². The second-order valence-electron chi connectivity index (χ2n) is 7.83. The molecule has 0 radical (unpaired) electrons. The van der Waals surface area contributed by atoms with Crippen LogP contribution in [0.2, 0.25) is 5.02 Å². The molecule has 1 aromatic heterocycles. The fourth-order valence-electron chi connectivity index (χ4n) is 3.55. The smallest absolute Gasteiger partial charge is 0.310 e. The van der Waals surface area contributed by atoms with Gasteiger partial charge in [-0.3, -0.25) is 14.6 Å². The first kappa shape index (κ1) is 24.2. The number of rotatable bonds is 10. The van der Waals surface area contributed by atoms with Gasteiger partial charge in [-0.15, -0.1) is 0 Å². The molecule has 1 N–H and O–H groups in total. The summed E-state index contributed by atoms with van der Waals surface area (Å²) in [6.45, 7) is 0. The van der Waals surface area contributed by atoms with Gasteiger partial charge in [0.15, 0.2) is 0 Å². The van der Waals surface area contributed by atoms with Gasteiger partial charge in [-0.2, -0.15) is 0 Å². The predicted octanol–water partition coefficient (Wildman–Crippen LogP) is 5.99. The Balaban J connectivity index is 1.62. The minimum atomic E-state index is -0.876. The lowest BCUT2D eigenvalue weighted by Gasteiger charge is -2.20. The van der Waals surface area contributed by atoms with Crippen LogP contribution in [0.25, 0.3) is 6.08 Å². The number of halogens is 1. The number of aryl methyl sites for hydroxylation is 1. The van der Waals surface area contributed by atoms with Gasteiger partial charge in [-0.05, 0) is 66.3 Å². The molecule has 1 unspecified atom stereocenters. The molecule has 0 saturated carbocycles. The van der Waals surface area contributed by atoms with Crippen LogP contribution in [-0.4, -0.2) is 29.0 Å². The highest BCUT2D eigenvalue weighted by molar-refractivity contribution is 6.30. The summed E-state index contributed by atoms with van der Waals surface area (Å²) in [7, 11) is 1.72. The number of aliphatic carboxylic acids is 1. The number of benzene rings is 2. The number of allylic oxidation sites excluding steroid dienone is 1. The third-order valence-electron chi connectivity index (χ3n) is 5.49. The van der Waals surface area contributed by atoms with Gasteiger partial charge in [0.25, 0.3) is 0 Å². The van der Waals surface area contributed by atoms with E-state index < -0.39 is 11.9 Å². The van der Waals surface area contributed by atoms with E-state index in [0.717, 1.165) is 11.1 Å². The zero-order valence-electron chi connectivity index (χ0n) is 18.5. The lowest BCUT2D eigenvalue weighted by atomic mass is 9.93. The van der Waals surface area contributed by atoms with Crippen molar-refractivity contribution in [2.24, 2.45) is 0 Å². The van der Waals surface area contributed by atoms with Gasteiger partial charge >= 0.3 is 5.97 Å². The van der Waals surface area contributed by atoms with Crippen LogP contribution < -0.4 is 4.90 Å². The number of carbonyl (C=O) groups excluding carboxylic acids is 1. The number of aromatic nitrogens is 1. The van der Waals surface area contributed by atoms with Crippen LogP contribution in [0.15, 0.2) is 79.1 Å². The average Bonchev–Trinajstić information content (AvgIpc) is 2.83. The molecule has 1 heterocycles. The molecular formula is C27H27ClN2O3. The molecule has 3 rings (SSSR count). The fourth-order valence-corrected chi connectivity index (χ4v) is 3.68. The number of pyridine rings is 1. The first-order valence-electron chi connectivity index (χ1n) is 10.8. The van der Waals surface area contributed by atoms with Crippen molar-refractivity contribution in [1.29, 1.82) is 0 Å². The van der Waals surface area contributed by atoms with Gasteiger partial charge in [0.2, 0.25) is 5.91 Å². The molecule has 170 valence electrons. The number of carbonyl (C=O) groups is 2. The maximum Gasteiger partial charge on any atom is 0.310 e. The van der Waals surface area contributed by atoms with E-state index in [4.69, 9.17) is 11.6 Å². The van der Waals surface area contributed by atoms with E-state index in [9.17, 15) is 14.7 Å². The second-order valence-corrected chi connectivity index (χ2v) is 8.27. The minimum absolute atomic E-state index is 0.0339. The van der Waals surface area contributed by atoms with Crippen LogP contribution in [0.3, 0.4) is 0 Å². The number of carboxylic acid groups (broad SMARTS) is 1. The molecule has 0 aliphatic heterocycles. The van der Waals surface area contributed by atoms with Crippen molar-refractivity contribution in [3.63, 3.8) is 0 Å². The highest BCUT2D eigenvalue weighted by Gasteiger charge is 2.20. The van der Waals surface area contributed by atoms with E-state index >= 15 is 0 Å². The Morgan fingerprint density at radius 2 is 1.91 bits per heavy atom. The topological polar surface area (TPSA) is 70.5 Å². The number of anilines is 1. The highest BCUT2D eigenvalue weighted by Crippen LogP contribution is 2.26. The Morgan fingerprint density at radius 1 is 1.12 bits per heavy atom. The number of amides is 1. The maximum absolute atomic E-state index is 12.7. The lowest BCUT2D eigenvalue weighted by Crippen LogP contribution is -2.26. The molecule has 0 aliphatic rings. The zero-order valence-corrected chi connectivity index (χ0v) is 19.3. The molecule has 1 amide bonds. The van der Waals surface area contributed by atoms with Crippen molar-refractivity contribution >= 4 is 35.2 Å². The van der Waals surface area contributed by atoms with Gasteiger partial charge in [0.05, 0.1) is 5.92 Å². The van der Waals surface area contributed by atoms with Gasteiger partial charge in [-0.25, -0.2) is 0 Å². The summed E-state index contributed by atoms with van der Waals surface area (Å²) in [5, 5.41) is 10.5. The molecular weight excluding hydrogens is 436 g/mol. The third-order valence-corrected chi connectivity index (χ3v) is 5.74. The van der Waals surface area contributed by atoms with Crippen molar-refractivity contribution in [1.82, 2.24) is 4.98 Å². The summed E-state index contributed by atoms with van der Waals surface area (Å²) in [4.78, 5) is 30.3. The molecule has 0 bridgehead atoms. The molecule has 0 aliphatic carbocycles. The Hall–Kier alpha value is -3.44. The maximum atomic E-state index is 12.7. The predicted molar refractivity (Wildman–Crippen MR) is 133 cm³/mol. The van der Waals surface area contributed by atoms with Crippen LogP contribution >= 0.6 is 11.6 Å². The van der Waals surface area contributed by atoms with Crippen LogP contribution in [0.5, 0.6) is 0 Å². The van der Waals surface area contributed by atoms with Gasteiger partial charge in [0.1, 0.15) is 0 Å². The summed E-state index contributed by atoms with van der Waals surface area (Å²) in [6.07, 6.45) is 9.41. The molecule has 6 heteroatoms. The molecule has 0 fully saturated rings. The van der Waals surface area contributed by atoms with Gasteiger partial charge in [-0.1, -0.05) is 54.1 Å². The van der Waals surface area contributed by atoms with E-state index in [1.807, 2.05) is 54.6 Å².